The number of urea groups is 1. The van der Waals surface area contributed by atoms with Crippen LogP contribution in [0.2, 0.25) is 0 Å². The molecule has 1 atom stereocenters. The minimum atomic E-state index is -0.0962. The number of hydrogen-bond acceptors (Lipinski definition) is 3. The molecule has 1 aromatic carbocycles. The van der Waals surface area contributed by atoms with Crippen LogP contribution in [0.4, 0.5) is 4.79 Å². The molecular weight excluding hydrogens is 350 g/mol. The molecule has 0 spiro atoms. The molecule has 144 valence electrons. The number of likely N-dealkylation sites (tertiary alicyclic amines) is 1. The van der Waals surface area contributed by atoms with E-state index in [0.717, 1.165) is 30.3 Å². The summed E-state index contributed by atoms with van der Waals surface area (Å²) < 4.78 is 1.83. The second-order valence-electron chi connectivity index (χ2n) is 7.26. The van der Waals surface area contributed by atoms with Crippen LogP contribution in [-0.4, -0.2) is 32.4 Å². The van der Waals surface area contributed by atoms with E-state index in [1.165, 1.54) is 6.42 Å². The standard InChI is InChI=1S/C15H19N3O.C7H6N2/c16-14-10-9-13(11-5-2-1-3-6-11)18(14)15(19)17-12-7-4-8-12;1-2-6-9-7(3-1)4-5-8-9/h1-3,5-6,12-13,16H,4,7-10H2,(H,17,19);1-6H. The first kappa shape index (κ1) is 18.2. The Labute approximate surface area is 164 Å². The summed E-state index contributed by atoms with van der Waals surface area (Å²) in [5, 5.41) is 15.1. The second kappa shape index (κ2) is 8.25. The van der Waals surface area contributed by atoms with Crippen molar-refractivity contribution in [1.29, 1.82) is 5.41 Å². The number of benzene rings is 1. The van der Waals surface area contributed by atoms with Crippen molar-refractivity contribution in [2.75, 3.05) is 0 Å². The molecule has 1 aliphatic carbocycles. The zero-order valence-electron chi connectivity index (χ0n) is 15.8. The molecule has 2 aromatic heterocycles. The summed E-state index contributed by atoms with van der Waals surface area (Å²) in [4.78, 5) is 13.9. The van der Waals surface area contributed by atoms with Crippen LogP contribution in [0.1, 0.15) is 43.7 Å². The third-order valence-electron chi connectivity index (χ3n) is 5.40. The molecular formula is C22H25N5O. The van der Waals surface area contributed by atoms with Gasteiger partial charge >= 0.3 is 6.03 Å². The lowest BCUT2D eigenvalue weighted by Crippen LogP contribution is -2.48. The smallest absolute Gasteiger partial charge is 0.323 e. The van der Waals surface area contributed by atoms with Crippen LogP contribution in [0.15, 0.2) is 67.0 Å². The van der Waals surface area contributed by atoms with Gasteiger partial charge in [-0.2, -0.15) is 5.10 Å². The van der Waals surface area contributed by atoms with Gasteiger partial charge in [-0.15, -0.1) is 0 Å². The molecule has 1 saturated carbocycles. The van der Waals surface area contributed by atoms with Gasteiger partial charge in [-0.25, -0.2) is 9.31 Å². The summed E-state index contributed by atoms with van der Waals surface area (Å²) in [6.45, 7) is 0. The molecule has 5 rings (SSSR count). The molecule has 6 heteroatoms. The first-order valence-corrected chi connectivity index (χ1v) is 9.83. The fourth-order valence-corrected chi connectivity index (χ4v) is 3.63. The number of aromatic nitrogens is 2. The van der Waals surface area contributed by atoms with Crippen molar-refractivity contribution in [3.63, 3.8) is 0 Å². The molecule has 3 aromatic rings. The predicted molar refractivity (Wildman–Crippen MR) is 109 cm³/mol. The van der Waals surface area contributed by atoms with Crippen molar-refractivity contribution < 1.29 is 4.79 Å². The Morgan fingerprint density at radius 1 is 1.04 bits per heavy atom. The maximum Gasteiger partial charge on any atom is 0.323 e. The zero-order chi connectivity index (χ0) is 19.3. The quantitative estimate of drug-likeness (QED) is 0.697. The van der Waals surface area contributed by atoms with Crippen molar-refractivity contribution in [1.82, 2.24) is 19.8 Å². The molecule has 2 amide bonds. The van der Waals surface area contributed by atoms with E-state index in [1.807, 2.05) is 65.3 Å². The first-order chi connectivity index (χ1) is 13.7. The zero-order valence-corrected chi connectivity index (χ0v) is 15.8. The third kappa shape index (κ3) is 3.91. The van der Waals surface area contributed by atoms with Gasteiger partial charge in [0.25, 0.3) is 0 Å². The Morgan fingerprint density at radius 2 is 1.82 bits per heavy atom. The van der Waals surface area contributed by atoms with Crippen LogP contribution in [0.5, 0.6) is 0 Å². The topological polar surface area (TPSA) is 73.5 Å². The van der Waals surface area contributed by atoms with E-state index in [2.05, 4.69) is 10.4 Å². The van der Waals surface area contributed by atoms with Gasteiger partial charge in [0.2, 0.25) is 0 Å². The van der Waals surface area contributed by atoms with E-state index in [4.69, 9.17) is 5.41 Å². The van der Waals surface area contributed by atoms with E-state index in [1.54, 1.807) is 11.1 Å². The van der Waals surface area contributed by atoms with Gasteiger partial charge in [0.05, 0.1) is 11.6 Å². The highest BCUT2D eigenvalue weighted by Gasteiger charge is 2.35. The van der Waals surface area contributed by atoms with Crippen LogP contribution in [0.3, 0.4) is 0 Å². The van der Waals surface area contributed by atoms with E-state index in [9.17, 15) is 4.79 Å². The van der Waals surface area contributed by atoms with Crippen LogP contribution in [-0.2, 0) is 0 Å². The molecule has 6 nitrogen and oxygen atoms in total. The molecule has 0 radical (unpaired) electrons. The van der Waals surface area contributed by atoms with Crippen molar-refractivity contribution >= 4 is 17.4 Å². The molecule has 1 unspecified atom stereocenters. The van der Waals surface area contributed by atoms with Crippen molar-refractivity contribution in [2.24, 2.45) is 0 Å². The molecule has 1 aliphatic heterocycles. The SMILES string of the molecule is N=C1CCC(c2ccccc2)N1C(=O)NC1CCC1.c1ccn2nccc2c1. The summed E-state index contributed by atoms with van der Waals surface area (Å²) in [5.41, 5.74) is 2.26. The average Bonchev–Trinajstić information content (AvgIpc) is 3.32. The van der Waals surface area contributed by atoms with Crippen molar-refractivity contribution in [3.8, 4) is 0 Å². The van der Waals surface area contributed by atoms with Gasteiger partial charge in [0.15, 0.2) is 0 Å². The number of carbonyl (C=O) groups is 1. The number of carbonyl (C=O) groups excluding carboxylic acids is 1. The summed E-state index contributed by atoms with van der Waals surface area (Å²) >= 11 is 0. The number of amides is 2. The van der Waals surface area contributed by atoms with E-state index < -0.39 is 0 Å². The number of fused-ring (bicyclic) bond motifs is 1. The predicted octanol–water partition coefficient (Wildman–Crippen LogP) is 4.40. The van der Waals surface area contributed by atoms with Gasteiger partial charge in [-0.05, 0) is 49.4 Å². The van der Waals surface area contributed by atoms with E-state index in [-0.39, 0.29) is 12.1 Å². The molecule has 3 heterocycles. The summed E-state index contributed by atoms with van der Waals surface area (Å²) in [6, 6.07) is 18.2. The van der Waals surface area contributed by atoms with Crippen molar-refractivity contribution in [2.45, 2.75) is 44.2 Å². The minimum absolute atomic E-state index is 0.0220. The third-order valence-corrected chi connectivity index (χ3v) is 5.40. The molecule has 0 bridgehead atoms. The van der Waals surface area contributed by atoms with Gasteiger partial charge in [-0.1, -0.05) is 36.4 Å². The van der Waals surface area contributed by atoms with Crippen LogP contribution < -0.4 is 5.32 Å². The normalized spacial score (nSPS) is 19.1. The first-order valence-electron chi connectivity index (χ1n) is 9.83. The van der Waals surface area contributed by atoms with Gasteiger partial charge in [-0.3, -0.25) is 10.3 Å². The van der Waals surface area contributed by atoms with Gasteiger partial charge < -0.3 is 5.32 Å². The summed E-state index contributed by atoms with van der Waals surface area (Å²) in [6.07, 6.45) is 8.58. The Balaban J connectivity index is 0.000000177. The Hall–Kier alpha value is -3.15. The number of rotatable bonds is 2. The molecule has 2 N–H and O–H groups in total. The number of pyridine rings is 1. The van der Waals surface area contributed by atoms with Gasteiger partial charge in [0.1, 0.15) is 5.84 Å². The number of amidine groups is 1. The van der Waals surface area contributed by atoms with Crippen LogP contribution in [0, 0.1) is 5.41 Å². The monoisotopic (exact) mass is 375 g/mol. The maximum atomic E-state index is 12.3. The second-order valence-corrected chi connectivity index (χ2v) is 7.26. The lowest BCUT2D eigenvalue weighted by atomic mass is 9.93. The molecule has 2 aliphatic rings. The van der Waals surface area contributed by atoms with E-state index in [0.29, 0.717) is 18.3 Å². The maximum absolute atomic E-state index is 12.3. The number of nitrogens with one attached hydrogen (secondary N) is 2. The lowest BCUT2D eigenvalue weighted by molar-refractivity contribution is 0.200. The highest BCUT2D eigenvalue weighted by Crippen LogP contribution is 2.33. The lowest BCUT2D eigenvalue weighted by Gasteiger charge is -2.31. The largest absolute Gasteiger partial charge is 0.335 e. The summed E-state index contributed by atoms with van der Waals surface area (Å²) in [7, 11) is 0. The molecule has 2 fully saturated rings. The Kier molecular flexibility index (Phi) is 5.37. The van der Waals surface area contributed by atoms with Crippen LogP contribution in [0.25, 0.3) is 5.52 Å². The van der Waals surface area contributed by atoms with Crippen molar-refractivity contribution in [3.05, 3.63) is 72.6 Å². The highest BCUT2D eigenvalue weighted by molar-refractivity contribution is 5.98. The molecule has 1 saturated heterocycles. The fraction of sp³-hybridized carbons (Fsp3) is 0.318. The average molecular weight is 375 g/mol. The number of nitrogens with zero attached hydrogens (tertiary/aromatic N) is 3. The van der Waals surface area contributed by atoms with Gasteiger partial charge in [0, 0.05) is 24.9 Å². The Bertz CT molecular complexity index is 917. The molecule has 28 heavy (non-hydrogen) atoms. The Morgan fingerprint density at radius 3 is 2.54 bits per heavy atom. The highest BCUT2D eigenvalue weighted by atomic mass is 16.2. The number of hydrogen-bond donors (Lipinski definition) is 2. The van der Waals surface area contributed by atoms with Crippen LogP contribution >= 0.6 is 0 Å². The van der Waals surface area contributed by atoms with E-state index >= 15 is 0 Å². The fourth-order valence-electron chi connectivity index (χ4n) is 3.63. The minimum Gasteiger partial charge on any atom is -0.335 e. The summed E-state index contributed by atoms with van der Waals surface area (Å²) in [5.74, 6) is 0.436.